The van der Waals surface area contributed by atoms with Gasteiger partial charge in [-0.3, -0.25) is 9.59 Å². The van der Waals surface area contributed by atoms with Crippen LogP contribution in [0.25, 0.3) is 0 Å². The van der Waals surface area contributed by atoms with Crippen molar-refractivity contribution in [3.63, 3.8) is 0 Å². The molecule has 8 nitrogen and oxygen atoms in total. The van der Waals surface area contributed by atoms with E-state index in [-0.39, 0.29) is 42.9 Å². The fourth-order valence-electron chi connectivity index (χ4n) is 2.42. The van der Waals surface area contributed by atoms with Crippen LogP contribution in [0.5, 0.6) is 0 Å². The van der Waals surface area contributed by atoms with Crippen LogP contribution in [0.3, 0.4) is 0 Å². The van der Waals surface area contributed by atoms with Crippen LogP contribution in [-0.4, -0.2) is 55.6 Å². The Kier molecular flexibility index (Phi) is 4.43. The first kappa shape index (κ1) is 16.7. The molecule has 3 heterocycles. The van der Waals surface area contributed by atoms with Gasteiger partial charge in [-0.2, -0.15) is 15.6 Å². The number of thiophene rings is 1. The summed E-state index contributed by atoms with van der Waals surface area (Å²) >= 11 is 1.43. The Bertz CT molecular complexity index is 849. The van der Waals surface area contributed by atoms with Crippen LogP contribution in [0.15, 0.2) is 38.5 Å². The minimum atomic E-state index is -3.85. The van der Waals surface area contributed by atoms with Gasteiger partial charge in [0.15, 0.2) is 5.76 Å². The molecule has 0 saturated carbocycles. The average molecular weight is 369 g/mol. The zero-order valence-electron chi connectivity index (χ0n) is 12.5. The molecule has 3 rings (SSSR count). The number of primary amides is 1. The Labute approximate surface area is 142 Å². The van der Waals surface area contributed by atoms with Crippen molar-refractivity contribution >= 4 is 33.2 Å². The van der Waals surface area contributed by atoms with E-state index < -0.39 is 15.9 Å². The third kappa shape index (κ3) is 3.07. The van der Waals surface area contributed by atoms with Crippen molar-refractivity contribution < 1.29 is 22.4 Å². The Balaban J connectivity index is 1.69. The second-order valence-corrected chi connectivity index (χ2v) is 7.84. The molecule has 128 valence electrons. The molecule has 2 aromatic rings. The standard InChI is InChI=1S/C14H15N3O5S2/c15-13(18)11-1-2-12(22-11)24(20,21)17-6-4-16(5-7-17)14(19)10-3-8-23-9-10/h1-3,8-9H,4-7H2,(H2,15,18). The summed E-state index contributed by atoms with van der Waals surface area (Å²) in [6.07, 6.45) is 0. The first-order valence-electron chi connectivity index (χ1n) is 7.11. The summed E-state index contributed by atoms with van der Waals surface area (Å²) in [4.78, 5) is 24.9. The Morgan fingerprint density at radius 3 is 2.38 bits per heavy atom. The number of rotatable bonds is 4. The molecule has 0 bridgehead atoms. The molecular formula is C14H15N3O5S2. The maximum absolute atomic E-state index is 12.5. The second-order valence-electron chi connectivity index (χ2n) is 5.19. The molecule has 2 aromatic heterocycles. The van der Waals surface area contributed by atoms with Crippen molar-refractivity contribution in [1.82, 2.24) is 9.21 Å². The van der Waals surface area contributed by atoms with Crippen LogP contribution in [0.2, 0.25) is 0 Å². The number of amides is 2. The lowest BCUT2D eigenvalue weighted by Crippen LogP contribution is -2.50. The Morgan fingerprint density at radius 2 is 1.83 bits per heavy atom. The minimum absolute atomic E-state index is 0.109. The van der Waals surface area contributed by atoms with E-state index in [0.717, 1.165) is 0 Å². The van der Waals surface area contributed by atoms with E-state index in [1.807, 2.05) is 5.38 Å². The van der Waals surface area contributed by atoms with Crippen molar-refractivity contribution in [2.24, 2.45) is 5.73 Å². The molecule has 1 fully saturated rings. The smallest absolute Gasteiger partial charge is 0.284 e. The third-order valence-electron chi connectivity index (χ3n) is 3.71. The van der Waals surface area contributed by atoms with Crippen LogP contribution in [0, 0.1) is 0 Å². The lowest BCUT2D eigenvalue weighted by atomic mass is 10.2. The molecule has 2 N–H and O–H groups in total. The Hall–Kier alpha value is -2.17. The van der Waals surface area contributed by atoms with Crippen molar-refractivity contribution in [3.05, 3.63) is 40.3 Å². The number of piperazine rings is 1. The largest absolute Gasteiger partial charge is 0.438 e. The molecule has 0 aromatic carbocycles. The van der Waals surface area contributed by atoms with Gasteiger partial charge >= 0.3 is 0 Å². The van der Waals surface area contributed by atoms with E-state index in [4.69, 9.17) is 10.2 Å². The molecule has 1 saturated heterocycles. The van der Waals surface area contributed by atoms with Gasteiger partial charge in [0.25, 0.3) is 21.8 Å². The highest BCUT2D eigenvalue weighted by molar-refractivity contribution is 7.89. The molecule has 0 radical (unpaired) electrons. The van der Waals surface area contributed by atoms with E-state index in [9.17, 15) is 18.0 Å². The highest BCUT2D eigenvalue weighted by Crippen LogP contribution is 2.21. The minimum Gasteiger partial charge on any atom is -0.438 e. The monoisotopic (exact) mass is 369 g/mol. The van der Waals surface area contributed by atoms with Gasteiger partial charge in [-0.25, -0.2) is 8.42 Å². The van der Waals surface area contributed by atoms with E-state index in [1.165, 1.54) is 27.8 Å². The first-order valence-corrected chi connectivity index (χ1v) is 9.49. The maximum atomic E-state index is 12.5. The first-order chi connectivity index (χ1) is 11.4. The summed E-state index contributed by atoms with van der Waals surface area (Å²) in [5.74, 6) is -1.15. The number of carbonyl (C=O) groups excluding carboxylic acids is 2. The average Bonchev–Trinajstić information content (AvgIpc) is 3.26. The zero-order chi connectivity index (χ0) is 17.3. The van der Waals surface area contributed by atoms with Gasteiger partial charge in [0.05, 0.1) is 5.56 Å². The molecule has 0 atom stereocenters. The van der Waals surface area contributed by atoms with Gasteiger partial charge in [0.2, 0.25) is 5.09 Å². The summed E-state index contributed by atoms with van der Waals surface area (Å²) in [5.41, 5.74) is 5.67. The van der Waals surface area contributed by atoms with Crippen molar-refractivity contribution in [3.8, 4) is 0 Å². The normalized spacial score (nSPS) is 16.2. The van der Waals surface area contributed by atoms with Gasteiger partial charge in [0.1, 0.15) is 0 Å². The van der Waals surface area contributed by atoms with Gasteiger partial charge in [-0.05, 0) is 23.6 Å². The lowest BCUT2D eigenvalue weighted by molar-refractivity contribution is 0.0697. The van der Waals surface area contributed by atoms with E-state index >= 15 is 0 Å². The molecule has 24 heavy (non-hydrogen) atoms. The van der Waals surface area contributed by atoms with Crippen LogP contribution >= 0.6 is 11.3 Å². The van der Waals surface area contributed by atoms with E-state index in [0.29, 0.717) is 5.56 Å². The topological polar surface area (TPSA) is 114 Å². The zero-order valence-corrected chi connectivity index (χ0v) is 14.2. The number of furan rings is 1. The number of nitrogens with two attached hydrogens (primary N) is 1. The molecule has 2 amide bonds. The van der Waals surface area contributed by atoms with Crippen molar-refractivity contribution in [1.29, 1.82) is 0 Å². The number of carbonyl (C=O) groups is 2. The third-order valence-corrected chi connectivity index (χ3v) is 6.17. The maximum Gasteiger partial charge on any atom is 0.284 e. The summed E-state index contributed by atoms with van der Waals surface area (Å²) in [6, 6.07) is 4.17. The van der Waals surface area contributed by atoms with Crippen LogP contribution in [0.4, 0.5) is 0 Å². The fraction of sp³-hybridized carbons (Fsp3) is 0.286. The van der Waals surface area contributed by atoms with Gasteiger partial charge < -0.3 is 15.1 Å². The quantitative estimate of drug-likeness (QED) is 0.847. The lowest BCUT2D eigenvalue weighted by Gasteiger charge is -2.33. The number of nitrogens with zero attached hydrogens (tertiary/aromatic N) is 2. The predicted molar refractivity (Wildman–Crippen MR) is 86.2 cm³/mol. The molecule has 10 heteroatoms. The van der Waals surface area contributed by atoms with Crippen LogP contribution in [0.1, 0.15) is 20.9 Å². The van der Waals surface area contributed by atoms with E-state index in [1.54, 1.807) is 16.3 Å². The molecular weight excluding hydrogens is 354 g/mol. The summed E-state index contributed by atoms with van der Waals surface area (Å²) in [7, 11) is -3.85. The van der Waals surface area contributed by atoms with Gasteiger partial charge in [-0.1, -0.05) is 0 Å². The number of hydrogen-bond acceptors (Lipinski definition) is 6. The number of sulfonamides is 1. The summed E-state index contributed by atoms with van der Waals surface area (Å²) in [5, 5.41) is 3.26. The highest BCUT2D eigenvalue weighted by atomic mass is 32.2. The van der Waals surface area contributed by atoms with Crippen LogP contribution < -0.4 is 5.73 Å². The highest BCUT2D eigenvalue weighted by Gasteiger charge is 2.32. The second kappa shape index (κ2) is 6.38. The number of hydrogen-bond donors (Lipinski definition) is 1. The molecule has 1 aliphatic heterocycles. The fourth-order valence-corrected chi connectivity index (χ4v) is 4.38. The Morgan fingerprint density at radius 1 is 1.12 bits per heavy atom. The van der Waals surface area contributed by atoms with Gasteiger partial charge in [-0.15, -0.1) is 0 Å². The molecule has 0 spiro atoms. The van der Waals surface area contributed by atoms with Crippen molar-refractivity contribution in [2.45, 2.75) is 5.09 Å². The predicted octanol–water partition coefficient (Wildman–Crippen LogP) is 0.587. The van der Waals surface area contributed by atoms with E-state index in [2.05, 4.69) is 0 Å². The van der Waals surface area contributed by atoms with Crippen LogP contribution in [-0.2, 0) is 10.0 Å². The molecule has 1 aliphatic rings. The molecule has 0 aliphatic carbocycles. The van der Waals surface area contributed by atoms with Crippen molar-refractivity contribution in [2.75, 3.05) is 26.2 Å². The summed E-state index contributed by atoms with van der Waals surface area (Å²) < 4.78 is 31.3. The summed E-state index contributed by atoms with van der Waals surface area (Å²) in [6.45, 7) is 0.893. The SMILES string of the molecule is NC(=O)c1ccc(S(=O)(=O)N2CCN(C(=O)c3ccsc3)CC2)o1. The van der Waals surface area contributed by atoms with Gasteiger partial charge in [0, 0.05) is 31.6 Å². The molecule has 0 unspecified atom stereocenters.